The molecule has 3 heteroatoms. The molecular weight excluding hydrogens is 246 g/mol. The van der Waals surface area contributed by atoms with Crippen molar-refractivity contribution in [2.45, 2.75) is 46.2 Å². The first-order valence-corrected chi connectivity index (χ1v) is 7.51. The number of nitrogens with one attached hydrogen (secondary N) is 1. The zero-order valence-corrected chi connectivity index (χ0v) is 12.8. The summed E-state index contributed by atoms with van der Waals surface area (Å²) in [5.41, 5.74) is 3.79. The zero-order chi connectivity index (χ0) is 14.4. The SMILES string of the molecule is CCCNCc1ccn(Cc2ccc(C(C)C)cc2)n1. The summed E-state index contributed by atoms with van der Waals surface area (Å²) in [6.45, 7) is 9.35. The normalized spacial score (nSPS) is 11.2. The Morgan fingerprint density at radius 2 is 1.90 bits per heavy atom. The number of nitrogens with zero attached hydrogens (tertiary/aromatic N) is 2. The van der Waals surface area contributed by atoms with Gasteiger partial charge in [0.1, 0.15) is 0 Å². The fourth-order valence-corrected chi connectivity index (χ4v) is 2.17. The highest BCUT2D eigenvalue weighted by atomic mass is 15.3. The fourth-order valence-electron chi connectivity index (χ4n) is 2.17. The summed E-state index contributed by atoms with van der Waals surface area (Å²) < 4.78 is 2.01. The van der Waals surface area contributed by atoms with Gasteiger partial charge in [-0.15, -0.1) is 0 Å². The Morgan fingerprint density at radius 3 is 2.55 bits per heavy atom. The topological polar surface area (TPSA) is 29.9 Å². The van der Waals surface area contributed by atoms with Gasteiger partial charge in [-0.2, -0.15) is 5.10 Å². The lowest BCUT2D eigenvalue weighted by molar-refractivity contribution is 0.628. The average molecular weight is 271 g/mol. The maximum absolute atomic E-state index is 4.59. The molecule has 0 bridgehead atoms. The highest BCUT2D eigenvalue weighted by Crippen LogP contribution is 2.15. The summed E-state index contributed by atoms with van der Waals surface area (Å²) in [6.07, 6.45) is 3.21. The lowest BCUT2D eigenvalue weighted by atomic mass is 10.0. The van der Waals surface area contributed by atoms with Crippen molar-refractivity contribution in [3.63, 3.8) is 0 Å². The predicted molar refractivity (Wildman–Crippen MR) is 83.9 cm³/mol. The van der Waals surface area contributed by atoms with Crippen LogP contribution in [-0.2, 0) is 13.1 Å². The molecule has 0 radical (unpaired) electrons. The van der Waals surface area contributed by atoms with Crippen LogP contribution in [0.3, 0.4) is 0 Å². The number of rotatable bonds is 7. The van der Waals surface area contributed by atoms with Gasteiger partial charge in [0.2, 0.25) is 0 Å². The summed E-state index contributed by atoms with van der Waals surface area (Å²) in [5.74, 6) is 0.588. The van der Waals surface area contributed by atoms with Crippen molar-refractivity contribution in [1.82, 2.24) is 15.1 Å². The monoisotopic (exact) mass is 271 g/mol. The van der Waals surface area contributed by atoms with Gasteiger partial charge in [-0.3, -0.25) is 4.68 Å². The third kappa shape index (κ3) is 4.20. The Hall–Kier alpha value is -1.61. The molecule has 0 amide bonds. The second-order valence-electron chi connectivity index (χ2n) is 5.58. The van der Waals surface area contributed by atoms with Crippen LogP contribution >= 0.6 is 0 Å². The molecule has 1 N–H and O–H groups in total. The molecule has 0 aliphatic carbocycles. The van der Waals surface area contributed by atoms with E-state index < -0.39 is 0 Å². The van der Waals surface area contributed by atoms with Crippen LogP contribution in [0.1, 0.15) is 49.9 Å². The van der Waals surface area contributed by atoms with E-state index in [1.807, 2.05) is 4.68 Å². The van der Waals surface area contributed by atoms with Gasteiger partial charge < -0.3 is 5.32 Å². The Labute approximate surface area is 122 Å². The van der Waals surface area contributed by atoms with Crippen molar-refractivity contribution < 1.29 is 0 Å². The summed E-state index contributed by atoms with van der Waals surface area (Å²) in [5, 5.41) is 7.96. The molecule has 0 atom stereocenters. The molecule has 3 nitrogen and oxygen atoms in total. The molecule has 0 aliphatic heterocycles. The van der Waals surface area contributed by atoms with Crippen molar-refractivity contribution in [3.8, 4) is 0 Å². The van der Waals surface area contributed by atoms with Crippen molar-refractivity contribution in [3.05, 3.63) is 53.3 Å². The Kier molecular flexibility index (Phi) is 5.36. The van der Waals surface area contributed by atoms with Gasteiger partial charge in [0.05, 0.1) is 12.2 Å². The van der Waals surface area contributed by atoms with Gasteiger partial charge in [0.25, 0.3) is 0 Å². The van der Waals surface area contributed by atoms with Crippen LogP contribution in [0.25, 0.3) is 0 Å². The first-order valence-electron chi connectivity index (χ1n) is 7.51. The van der Waals surface area contributed by atoms with Crippen molar-refractivity contribution >= 4 is 0 Å². The molecule has 0 saturated carbocycles. The Balaban J connectivity index is 1.92. The second-order valence-corrected chi connectivity index (χ2v) is 5.58. The van der Waals surface area contributed by atoms with Crippen LogP contribution in [-0.4, -0.2) is 16.3 Å². The first-order chi connectivity index (χ1) is 9.69. The molecule has 1 heterocycles. The van der Waals surface area contributed by atoms with Gasteiger partial charge in [0.15, 0.2) is 0 Å². The van der Waals surface area contributed by atoms with Crippen LogP contribution in [0.5, 0.6) is 0 Å². The minimum Gasteiger partial charge on any atom is -0.311 e. The number of hydrogen-bond donors (Lipinski definition) is 1. The lowest BCUT2D eigenvalue weighted by Gasteiger charge is -2.07. The summed E-state index contributed by atoms with van der Waals surface area (Å²) in [6, 6.07) is 10.9. The molecule has 2 aromatic rings. The Morgan fingerprint density at radius 1 is 1.15 bits per heavy atom. The third-order valence-corrected chi connectivity index (χ3v) is 3.42. The summed E-state index contributed by atoms with van der Waals surface area (Å²) >= 11 is 0. The van der Waals surface area contributed by atoms with E-state index >= 15 is 0 Å². The highest BCUT2D eigenvalue weighted by Gasteiger charge is 2.02. The van der Waals surface area contributed by atoms with Crippen LogP contribution in [0.15, 0.2) is 36.5 Å². The minimum atomic E-state index is 0.588. The van der Waals surface area contributed by atoms with E-state index in [2.05, 4.69) is 67.7 Å². The smallest absolute Gasteiger partial charge is 0.0762 e. The number of aromatic nitrogens is 2. The largest absolute Gasteiger partial charge is 0.311 e. The zero-order valence-electron chi connectivity index (χ0n) is 12.8. The van der Waals surface area contributed by atoms with E-state index in [4.69, 9.17) is 0 Å². The molecular formula is C17H25N3. The molecule has 2 rings (SSSR count). The van der Waals surface area contributed by atoms with Gasteiger partial charge in [-0.05, 0) is 36.1 Å². The van der Waals surface area contributed by atoms with Crippen molar-refractivity contribution in [1.29, 1.82) is 0 Å². The lowest BCUT2D eigenvalue weighted by Crippen LogP contribution is -2.14. The fraction of sp³-hybridized carbons (Fsp3) is 0.471. The molecule has 108 valence electrons. The third-order valence-electron chi connectivity index (χ3n) is 3.42. The summed E-state index contributed by atoms with van der Waals surface area (Å²) in [7, 11) is 0. The Bertz CT molecular complexity index is 511. The molecule has 0 fully saturated rings. The van der Waals surface area contributed by atoms with Crippen LogP contribution in [0.4, 0.5) is 0 Å². The number of benzene rings is 1. The van der Waals surface area contributed by atoms with E-state index in [1.54, 1.807) is 0 Å². The molecule has 1 aromatic carbocycles. The van der Waals surface area contributed by atoms with E-state index in [0.29, 0.717) is 5.92 Å². The molecule has 0 unspecified atom stereocenters. The van der Waals surface area contributed by atoms with E-state index in [1.165, 1.54) is 11.1 Å². The minimum absolute atomic E-state index is 0.588. The molecule has 1 aromatic heterocycles. The van der Waals surface area contributed by atoms with Crippen molar-refractivity contribution in [2.75, 3.05) is 6.54 Å². The van der Waals surface area contributed by atoms with Gasteiger partial charge in [0, 0.05) is 12.7 Å². The highest BCUT2D eigenvalue weighted by molar-refractivity contribution is 5.24. The first kappa shape index (κ1) is 14.8. The second kappa shape index (κ2) is 7.25. The van der Waals surface area contributed by atoms with Crippen LogP contribution in [0, 0.1) is 0 Å². The molecule has 0 spiro atoms. The standard InChI is InChI=1S/C17H25N3/c1-4-10-18-12-17-9-11-20(19-17)13-15-5-7-16(8-6-15)14(2)3/h5-9,11,14,18H,4,10,12-13H2,1-3H3. The predicted octanol–water partition coefficient (Wildman–Crippen LogP) is 3.55. The molecule has 0 aliphatic rings. The molecule has 0 saturated heterocycles. The van der Waals surface area contributed by atoms with Crippen LogP contribution in [0.2, 0.25) is 0 Å². The van der Waals surface area contributed by atoms with E-state index in [9.17, 15) is 0 Å². The maximum atomic E-state index is 4.59. The molecule has 20 heavy (non-hydrogen) atoms. The van der Waals surface area contributed by atoms with Crippen molar-refractivity contribution in [2.24, 2.45) is 0 Å². The van der Waals surface area contributed by atoms with Crippen LogP contribution < -0.4 is 5.32 Å². The quantitative estimate of drug-likeness (QED) is 0.780. The van der Waals surface area contributed by atoms with Gasteiger partial charge in [-0.25, -0.2) is 0 Å². The van der Waals surface area contributed by atoms with E-state index in [-0.39, 0.29) is 0 Å². The maximum Gasteiger partial charge on any atom is 0.0762 e. The van der Waals surface area contributed by atoms with Gasteiger partial charge >= 0.3 is 0 Å². The summed E-state index contributed by atoms with van der Waals surface area (Å²) in [4.78, 5) is 0. The number of hydrogen-bond acceptors (Lipinski definition) is 2. The van der Waals surface area contributed by atoms with E-state index in [0.717, 1.165) is 31.7 Å². The van der Waals surface area contributed by atoms with Gasteiger partial charge in [-0.1, -0.05) is 45.0 Å². The average Bonchev–Trinajstić information content (AvgIpc) is 2.87.